The minimum Gasteiger partial charge on any atom is -0.492 e. The van der Waals surface area contributed by atoms with Crippen LogP contribution in [0.25, 0.3) is 0 Å². The van der Waals surface area contributed by atoms with Crippen molar-refractivity contribution in [3.8, 4) is 5.75 Å². The van der Waals surface area contributed by atoms with Crippen molar-refractivity contribution < 1.29 is 14.0 Å². The maximum absolute atomic E-state index is 6.24. The molecule has 0 N–H and O–H groups in total. The Morgan fingerprint density at radius 2 is 1.64 bits per heavy atom. The van der Waals surface area contributed by atoms with Crippen LogP contribution in [0.4, 0.5) is 0 Å². The van der Waals surface area contributed by atoms with Gasteiger partial charge in [-0.2, -0.15) is 0 Å². The standard InChI is InChI=1S/C17H26BClO3/c1-15(2,3)11-20-14-10-12(8-9-13(14)19)18-21-16(4,5)17(6,7)22-18/h8-10H,11H2,1-7H3. The molecule has 0 amide bonds. The van der Waals surface area contributed by atoms with Gasteiger partial charge in [-0.3, -0.25) is 0 Å². The van der Waals surface area contributed by atoms with Crippen LogP contribution in [0.5, 0.6) is 5.75 Å². The van der Waals surface area contributed by atoms with Crippen LogP contribution in [-0.2, 0) is 9.31 Å². The van der Waals surface area contributed by atoms with E-state index in [0.29, 0.717) is 17.4 Å². The Hall–Kier alpha value is -0.705. The zero-order valence-corrected chi connectivity index (χ0v) is 15.4. The molecule has 1 fully saturated rings. The van der Waals surface area contributed by atoms with Gasteiger partial charge in [-0.15, -0.1) is 0 Å². The van der Waals surface area contributed by atoms with Crippen LogP contribution in [0.15, 0.2) is 18.2 Å². The van der Waals surface area contributed by atoms with Gasteiger partial charge in [0, 0.05) is 0 Å². The summed E-state index contributed by atoms with van der Waals surface area (Å²) in [7, 11) is -0.403. The highest BCUT2D eigenvalue weighted by molar-refractivity contribution is 6.62. The molecule has 1 aliphatic heterocycles. The molecule has 0 aliphatic carbocycles. The summed E-state index contributed by atoms with van der Waals surface area (Å²) in [6, 6.07) is 5.67. The van der Waals surface area contributed by atoms with Gasteiger partial charge in [0.25, 0.3) is 0 Å². The highest BCUT2D eigenvalue weighted by Gasteiger charge is 2.51. The first-order chi connectivity index (χ1) is 9.91. The lowest BCUT2D eigenvalue weighted by Gasteiger charge is -2.32. The summed E-state index contributed by atoms with van der Waals surface area (Å²) in [6.45, 7) is 15.1. The molecule has 5 heteroatoms. The molecule has 2 rings (SSSR count). The Balaban J connectivity index is 2.20. The van der Waals surface area contributed by atoms with E-state index >= 15 is 0 Å². The number of hydrogen-bond donors (Lipinski definition) is 0. The van der Waals surface area contributed by atoms with Crippen molar-refractivity contribution in [3.05, 3.63) is 23.2 Å². The molecule has 0 atom stereocenters. The Morgan fingerprint density at radius 1 is 1.09 bits per heavy atom. The van der Waals surface area contributed by atoms with Crippen LogP contribution >= 0.6 is 11.6 Å². The molecule has 22 heavy (non-hydrogen) atoms. The van der Waals surface area contributed by atoms with Crippen LogP contribution in [0, 0.1) is 5.41 Å². The van der Waals surface area contributed by atoms with Gasteiger partial charge >= 0.3 is 7.12 Å². The first-order valence-electron chi connectivity index (χ1n) is 7.69. The van der Waals surface area contributed by atoms with Crippen LogP contribution in [0.1, 0.15) is 48.5 Å². The molecule has 0 unspecified atom stereocenters. The third-order valence-electron chi connectivity index (χ3n) is 4.14. The van der Waals surface area contributed by atoms with E-state index in [2.05, 4.69) is 20.8 Å². The Morgan fingerprint density at radius 3 is 2.14 bits per heavy atom. The van der Waals surface area contributed by atoms with Crippen LogP contribution < -0.4 is 10.2 Å². The smallest absolute Gasteiger partial charge is 0.492 e. The Bertz CT molecular complexity index is 533. The topological polar surface area (TPSA) is 27.7 Å². The van der Waals surface area contributed by atoms with Crippen molar-refractivity contribution in [1.82, 2.24) is 0 Å². The monoisotopic (exact) mass is 324 g/mol. The van der Waals surface area contributed by atoms with Gasteiger partial charge in [0.05, 0.1) is 22.8 Å². The van der Waals surface area contributed by atoms with E-state index in [1.165, 1.54) is 0 Å². The van der Waals surface area contributed by atoms with Gasteiger partial charge in [-0.25, -0.2) is 0 Å². The average Bonchev–Trinajstić information content (AvgIpc) is 2.56. The van der Waals surface area contributed by atoms with E-state index in [-0.39, 0.29) is 16.6 Å². The molecule has 0 spiro atoms. The first-order valence-corrected chi connectivity index (χ1v) is 8.07. The van der Waals surface area contributed by atoms with Gasteiger partial charge in [-0.05, 0) is 50.7 Å². The van der Waals surface area contributed by atoms with Gasteiger partial charge in [0.2, 0.25) is 0 Å². The van der Waals surface area contributed by atoms with Gasteiger partial charge in [0.1, 0.15) is 5.75 Å². The average molecular weight is 325 g/mol. The van der Waals surface area contributed by atoms with Crippen molar-refractivity contribution in [3.63, 3.8) is 0 Å². The van der Waals surface area contributed by atoms with E-state index < -0.39 is 7.12 Å². The summed E-state index contributed by atoms with van der Waals surface area (Å²) in [5.41, 5.74) is 0.281. The molecule has 122 valence electrons. The SMILES string of the molecule is CC(C)(C)COc1cc(B2OC(C)(C)C(C)(C)O2)ccc1Cl. The second-order valence-electron chi connectivity index (χ2n) is 8.13. The molecular weight excluding hydrogens is 298 g/mol. The number of benzene rings is 1. The zero-order chi connectivity index (χ0) is 16.8. The van der Waals surface area contributed by atoms with Gasteiger partial charge < -0.3 is 14.0 Å². The molecule has 0 aromatic heterocycles. The van der Waals surface area contributed by atoms with Crippen molar-refractivity contribution >= 4 is 24.2 Å². The summed E-state index contributed by atoms with van der Waals surface area (Å²) in [6.07, 6.45) is 0. The fourth-order valence-electron chi connectivity index (χ4n) is 2.05. The highest BCUT2D eigenvalue weighted by Crippen LogP contribution is 2.37. The second kappa shape index (κ2) is 5.74. The lowest BCUT2D eigenvalue weighted by atomic mass is 9.79. The number of rotatable bonds is 3. The predicted octanol–water partition coefficient (Wildman–Crippen LogP) is 4.06. The lowest BCUT2D eigenvalue weighted by Crippen LogP contribution is -2.41. The van der Waals surface area contributed by atoms with Crippen molar-refractivity contribution in [2.75, 3.05) is 6.61 Å². The third-order valence-corrected chi connectivity index (χ3v) is 4.45. The molecule has 3 nitrogen and oxygen atoms in total. The molecule has 1 aromatic rings. The lowest BCUT2D eigenvalue weighted by molar-refractivity contribution is 0.00578. The fraction of sp³-hybridized carbons (Fsp3) is 0.647. The quantitative estimate of drug-likeness (QED) is 0.785. The molecule has 1 aliphatic rings. The van der Waals surface area contributed by atoms with E-state index in [1.54, 1.807) is 0 Å². The van der Waals surface area contributed by atoms with Crippen LogP contribution in [-0.4, -0.2) is 24.9 Å². The van der Waals surface area contributed by atoms with Crippen molar-refractivity contribution in [2.24, 2.45) is 5.41 Å². The minimum absolute atomic E-state index is 0.0731. The van der Waals surface area contributed by atoms with Gasteiger partial charge in [0.15, 0.2) is 0 Å². The molecular formula is C17H26BClO3. The number of halogens is 1. The molecule has 1 heterocycles. The highest BCUT2D eigenvalue weighted by atomic mass is 35.5. The minimum atomic E-state index is -0.403. The summed E-state index contributed by atoms with van der Waals surface area (Å²) in [5, 5.41) is 0.601. The molecule has 0 bridgehead atoms. The molecule has 1 aromatic carbocycles. The fourth-order valence-corrected chi connectivity index (χ4v) is 2.22. The van der Waals surface area contributed by atoms with E-state index in [1.807, 2.05) is 45.9 Å². The molecule has 0 saturated carbocycles. The third kappa shape index (κ3) is 3.79. The summed E-state index contributed by atoms with van der Waals surface area (Å²) >= 11 is 6.24. The van der Waals surface area contributed by atoms with Crippen molar-refractivity contribution in [2.45, 2.75) is 59.7 Å². The van der Waals surface area contributed by atoms with Crippen LogP contribution in [0.3, 0.4) is 0 Å². The largest absolute Gasteiger partial charge is 0.494 e. The summed E-state index contributed by atoms with van der Waals surface area (Å²) < 4.78 is 18.0. The second-order valence-corrected chi connectivity index (χ2v) is 8.53. The Labute approximate surface area is 139 Å². The summed E-state index contributed by atoms with van der Waals surface area (Å²) in [5.74, 6) is 0.670. The first kappa shape index (κ1) is 17.6. The maximum Gasteiger partial charge on any atom is 0.494 e. The van der Waals surface area contributed by atoms with Gasteiger partial charge in [-0.1, -0.05) is 38.4 Å². The zero-order valence-electron chi connectivity index (χ0n) is 14.6. The number of hydrogen-bond acceptors (Lipinski definition) is 3. The van der Waals surface area contributed by atoms with Crippen molar-refractivity contribution in [1.29, 1.82) is 0 Å². The normalized spacial score (nSPS) is 20.3. The maximum atomic E-state index is 6.24. The Kier molecular flexibility index (Phi) is 4.60. The molecule has 1 saturated heterocycles. The summed E-state index contributed by atoms with van der Waals surface area (Å²) in [4.78, 5) is 0. The number of ether oxygens (including phenoxy) is 1. The van der Waals surface area contributed by atoms with E-state index in [0.717, 1.165) is 5.46 Å². The van der Waals surface area contributed by atoms with E-state index in [9.17, 15) is 0 Å². The molecule has 0 radical (unpaired) electrons. The van der Waals surface area contributed by atoms with Crippen LogP contribution in [0.2, 0.25) is 5.02 Å². The van der Waals surface area contributed by atoms with E-state index in [4.69, 9.17) is 25.6 Å². The predicted molar refractivity (Wildman–Crippen MR) is 92.1 cm³/mol.